The van der Waals surface area contributed by atoms with Crippen LogP contribution in [0.5, 0.6) is 0 Å². The summed E-state index contributed by atoms with van der Waals surface area (Å²) in [6.07, 6.45) is 7.41. The van der Waals surface area contributed by atoms with Crippen molar-refractivity contribution < 1.29 is 9.18 Å². The van der Waals surface area contributed by atoms with E-state index in [9.17, 15) is 9.18 Å². The molecule has 30 heavy (non-hydrogen) atoms. The van der Waals surface area contributed by atoms with Crippen LogP contribution in [0.3, 0.4) is 0 Å². The molecule has 2 aromatic rings. The van der Waals surface area contributed by atoms with Gasteiger partial charge in [0, 0.05) is 37.9 Å². The van der Waals surface area contributed by atoms with E-state index in [0.717, 1.165) is 57.4 Å². The number of amides is 1. The summed E-state index contributed by atoms with van der Waals surface area (Å²) >= 11 is 0. The summed E-state index contributed by atoms with van der Waals surface area (Å²) in [4.78, 5) is 18.1. The maximum absolute atomic E-state index is 13.7. The van der Waals surface area contributed by atoms with Crippen molar-refractivity contribution in [3.05, 3.63) is 53.6 Å². The van der Waals surface area contributed by atoms with Crippen LogP contribution < -0.4 is 0 Å². The predicted molar refractivity (Wildman–Crippen MR) is 115 cm³/mol. The third kappa shape index (κ3) is 4.43. The van der Waals surface area contributed by atoms with E-state index in [4.69, 9.17) is 0 Å². The van der Waals surface area contributed by atoms with Crippen LogP contribution in [-0.2, 0) is 24.8 Å². The first-order chi connectivity index (χ1) is 14.3. The Morgan fingerprint density at radius 2 is 2.00 bits per heavy atom. The quantitative estimate of drug-likeness (QED) is 0.727. The van der Waals surface area contributed by atoms with Gasteiger partial charge in [0.2, 0.25) is 5.91 Å². The number of rotatable bonds is 6. The Bertz CT molecular complexity index is 885. The lowest BCUT2D eigenvalue weighted by Crippen LogP contribution is -2.45. The van der Waals surface area contributed by atoms with Gasteiger partial charge in [0.15, 0.2) is 0 Å². The average Bonchev–Trinajstić information content (AvgIpc) is 3.20. The van der Waals surface area contributed by atoms with E-state index in [1.165, 1.54) is 11.6 Å². The lowest BCUT2D eigenvalue weighted by molar-refractivity contribution is -0.139. The molecule has 4 rings (SSSR count). The van der Waals surface area contributed by atoms with Gasteiger partial charge in [0.05, 0.1) is 11.6 Å². The van der Waals surface area contributed by atoms with E-state index in [1.807, 2.05) is 24.0 Å². The van der Waals surface area contributed by atoms with Gasteiger partial charge in [0.25, 0.3) is 0 Å². The molecule has 2 fully saturated rings. The summed E-state index contributed by atoms with van der Waals surface area (Å²) in [5.41, 5.74) is 1.95. The first kappa shape index (κ1) is 21.0. The maximum atomic E-state index is 13.7. The third-order valence-electron chi connectivity index (χ3n) is 6.68. The van der Waals surface area contributed by atoms with Crippen LogP contribution in [-0.4, -0.2) is 51.2 Å². The van der Waals surface area contributed by atoms with Crippen LogP contribution >= 0.6 is 0 Å². The van der Waals surface area contributed by atoms with E-state index in [-0.39, 0.29) is 17.3 Å². The normalized spacial score (nSPS) is 21.8. The number of carbonyl (C=O) groups excluding carboxylic acids is 1. The predicted octanol–water partition coefficient (Wildman–Crippen LogP) is 3.64. The maximum Gasteiger partial charge on any atom is 0.229 e. The summed E-state index contributed by atoms with van der Waals surface area (Å²) in [6, 6.07) is 6.99. The number of likely N-dealkylation sites (tertiary alicyclic amines) is 2. The largest absolute Gasteiger partial charge is 0.339 e. The number of hydrogen-bond donors (Lipinski definition) is 0. The van der Waals surface area contributed by atoms with Crippen molar-refractivity contribution in [3.8, 4) is 0 Å². The molecule has 0 radical (unpaired) electrons. The van der Waals surface area contributed by atoms with E-state index in [2.05, 4.69) is 34.9 Å². The Morgan fingerprint density at radius 3 is 2.63 bits per heavy atom. The monoisotopic (exact) mass is 412 g/mol. The number of carbonyl (C=O) groups is 1. The van der Waals surface area contributed by atoms with Gasteiger partial charge in [-0.3, -0.25) is 14.4 Å². The number of nitrogens with zero attached hydrogens (tertiary/aromatic N) is 4. The fourth-order valence-corrected chi connectivity index (χ4v) is 5.23. The zero-order valence-corrected chi connectivity index (χ0v) is 18.4. The molecule has 1 aromatic heterocycles. The van der Waals surface area contributed by atoms with Gasteiger partial charge in [-0.2, -0.15) is 5.10 Å². The molecule has 1 aromatic carbocycles. The number of benzene rings is 1. The minimum Gasteiger partial charge on any atom is -0.339 e. The molecular weight excluding hydrogens is 379 g/mol. The van der Waals surface area contributed by atoms with Gasteiger partial charge in [-0.1, -0.05) is 26.0 Å². The summed E-state index contributed by atoms with van der Waals surface area (Å²) in [7, 11) is 1.94. The van der Waals surface area contributed by atoms with Crippen molar-refractivity contribution in [3.63, 3.8) is 0 Å². The van der Waals surface area contributed by atoms with Crippen molar-refractivity contribution in [2.75, 3.05) is 19.6 Å². The standard InChI is InChI=1S/C24H33FN4O/c1-18(2)15-29-22(12-19-5-4-6-21(25)11-19)13-24(23(29)30)7-9-28(10-8-24)17-20-14-26-27(3)16-20/h4-6,11,14,16,18,22H,7-10,12-13,15,17H2,1-3H3. The summed E-state index contributed by atoms with van der Waals surface area (Å²) in [5.74, 6) is 0.536. The minimum atomic E-state index is -0.252. The SMILES string of the molecule is CC(C)CN1C(=O)C2(CCN(Cc3cnn(C)c3)CC2)CC1Cc1cccc(F)c1. The zero-order valence-electron chi connectivity index (χ0n) is 18.4. The second kappa shape index (κ2) is 8.50. The van der Waals surface area contributed by atoms with Crippen LogP contribution in [0.4, 0.5) is 4.39 Å². The van der Waals surface area contributed by atoms with Crippen LogP contribution in [0.25, 0.3) is 0 Å². The lowest BCUT2D eigenvalue weighted by Gasteiger charge is -2.38. The first-order valence-electron chi connectivity index (χ1n) is 11.1. The second-order valence-electron chi connectivity index (χ2n) is 9.62. The van der Waals surface area contributed by atoms with Crippen molar-refractivity contribution >= 4 is 5.91 Å². The second-order valence-corrected chi connectivity index (χ2v) is 9.62. The fourth-order valence-electron chi connectivity index (χ4n) is 5.23. The van der Waals surface area contributed by atoms with E-state index < -0.39 is 0 Å². The smallest absolute Gasteiger partial charge is 0.229 e. The topological polar surface area (TPSA) is 41.4 Å². The van der Waals surface area contributed by atoms with Gasteiger partial charge in [-0.25, -0.2) is 4.39 Å². The Hall–Kier alpha value is -2.21. The molecule has 3 heterocycles. The van der Waals surface area contributed by atoms with Crippen LogP contribution in [0.15, 0.2) is 36.7 Å². The van der Waals surface area contributed by atoms with E-state index >= 15 is 0 Å². The first-order valence-corrected chi connectivity index (χ1v) is 11.1. The molecule has 1 atom stereocenters. The van der Waals surface area contributed by atoms with Crippen molar-refractivity contribution in [2.45, 2.75) is 52.1 Å². The highest BCUT2D eigenvalue weighted by molar-refractivity contribution is 5.85. The van der Waals surface area contributed by atoms with E-state index in [0.29, 0.717) is 11.8 Å². The van der Waals surface area contributed by atoms with Crippen molar-refractivity contribution in [1.29, 1.82) is 0 Å². The highest BCUT2D eigenvalue weighted by Gasteiger charge is 2.52. The summed E-state index contributed by atoms with van der Waals surface area (Å²) < 4.78 is 15.5. The molecule has 0 N–H and O–H groups in total. The van der Waals surface area contributed by atoms with E-state index in [1.54, 1.807) is 12.1 Å². The fraction of sp³-hybridized carbons (Fsp3) is 0.583. The van der Waals surface area contributed by atoms with Crippen molar-refractivity contribution in [1.82, 2.24) is 19.6 Å². The molecular formula is C24H33FN4O. The van der Waals surface area contributed by atoms with Crippen LogP contribution in [0.1, 0.15) is 44.2 Å². The molecule has 2 saturated heterocycles. The minimum absolute atomic E-state index is 0.159. The number of aryl methyl sites for hydroxylation is 1. The highest BCUT2D eigenvalue weighted by Crippen LogP contribution is 2.45. The molecule has 1 amide bonds. The molecule has 0 saturated carbocycles. The molecule has 2 aliphatic heterocycles. The number of hydrogen-bond acceptors (Lipinski definition) is 3. The number of aromatic nitrogens is 2. The lowest BCUT2D eigenvalue weighted by atomic mass is 9.75. The van der Waals surface area contributed by atoms with Gasteiger partial charge in [-0.05, 0) is 62.4 Å². The van der Waals surface area contributed by atoms with Gasteiger partial charge in [0.1, 0.15) is 5.82 Å². The Labute approximate surface area is 178 Å². The molecule has 162 valence electrons. The molecule has 2 aliphatic rings. The molecule has 5 nitrogen and oxygen atoms in total. The highest BCUT2D eigenvalue weighted by atomic mass is 19.1. The molecule has 0 aliphatic carbocycles. The Morgan fingerprint density at radius 1 is 1.23 bits per heavy atom. The van der Waals surface area contributed by atoms with Gasteiger partial charge in [-0.15, -0.1) is 0 Å². The zero-order chi connectivity index (χ0) is 21.3. The van der Waals surface area contributed by atoms with Crippen molar-refractivity contribution in [2.24, 2.45) is 18.4 Å². The molecule has 1 spiro atoms. The summed E-state index contributed by atoms with van der Waals surface area (Å²) in [6.45, 7) is 7.86. The Balaban J connectivity index is 1.46. The van der Waals surface area contributed by atoms with Crippen LogP contribution in [0, 0.1) is 17.2 Å². The Kier molecular flexibility index (Phi) is 5.96. The number of piperidine rings is 1. The average molecular weight is 413 g/mol. The summed E-state index contributed by atoms with van der Waals surface area (Å²) in [5, 5.41) is 4.26. The number of halogens is 1. The molecule has 1 unspecified atom stereocenters. The van der Waals surface area contributed by atoms with Gasteiger partial charge >= 0.3 is 0 Å². The van der Waals surface area contributed by atoms with Gasteiger partial charge < -0.3 is 4.90 Å². The third-order valence-corrected chi connectivity index (χ3v) is 6.68. The van der Waals surface area contributed by atoms with Crippen LogP contribution in [0.2, 0.25) is 0 Å². The molecule has 0 bridgehead atoms. The molecule has 6 heteroatoms.